The van der Waals surface area contributed by atoms with Gasteiger partial charge in [-0.15, -0.1) is 0 Å². The van der Waals surface area contributed by atoms with Gasteiger partial charge in [0, 0.05) is 6.04 Å². The maximum absolute atomic E-state index is 5.54. The van der Waals surface area contributed by atoms with Gasteiger partial charge < -0.3 is 9.73 Å². The quantitative estimate of drug-likeness (QED) is 0.901. The summed E-state index contributed by atoms with van der Waals surface area (Å²) in [5, 5.41) is 3.51. The lowest BCUT2D eigenvalue weighted by Gasteiger charge is -2.18. The Kier molecular flexibility index (Phi) is 4.02. The Morgan fingerprint density at radius 2 is 1.71 bits per heavy atom. The maximum atomic E-state index is 5.54. The molecule has 1 aromatic heterocycles. The molecule has 2 aromatic rings. The van der Waals surface area contributed by atoms with Crippen molar-refractivity contribution in [2.24, 2.45) is 0 Å². The third kappa shape index (κ3) is 3.20. The van der Waals surface area contributed by atoms with Gasteiger partial charge in [-0.25, -0.2) is 0 Å². The van der Waals surface area contributed by atoms with E-state index >= 15 is 0 Å². The van der Waals surface area contributed by atoms with Crippen LogP contribution in [0.3, 0.4) is 0 Å². The van der Waals surface area contributed by atoms with Crippen molar-refractivity contribution in [1.29, 1.82) is 0 Å². The summed E-state index contributed by atoms with van der Waals surface area (Å²) in [6.07, 6.45) is 0. The van der Waals surface area contributed by atoms with E-state index in [1.807, 2.05) is 18.2 Å². The summed E-state index contributed by atoms with van der Waals surface area (Å²) in [7, 11) is 0. The zero-order valence-corrected chi connectivity index (χ0v) is 11.6. The van der Waals surface area contributed by atoms with Crippen molar-refractivity contribution in [1.82, 2.24) is 5.32 Å². The molecule has 90 valence electrons. The predicted octanol–water partition coefficient (Wildman–Crippen LogP) is 4.45. The molecule has 1 aromatic carbocycles. The zero-order valence-electron chi connectivity index (χ0n) is 9.98. The molecule has 0 fully saturated rings. The lowest BCUT2D eigenvalue weighted by atomic mass is 10.1. The van der Waals surface area contributed by atoms with E-state index in [2.05, 4.69) is 59.4 Å². The highest BCUT2D eigenvalue weighted by Gasteiger charge is 2.13. The Balaban J connectivity index is 2.02. The van der Waals surface area contributed by atoms with Gasteiger partial charge in [0.2, 0.25) is 0 Å². The highest BCUT2D eigenvalue weighted by molar-refractivity contribution is 9.10. The minimum Gasteiger partial charge on any atom is -0.453 e. The number of nitrogens with one attached hydrogen (secondary N) is 1. The fraction of sp³-hybridized carbons (Fsp3) is 0.286. The third-order valence-electron chi connectivity index (χ3n) is 2.82. The Labute approximate surface area is 110 Å². The van der Waals surface area contributed by atoms with E-state index in [9.17, 15) is 0 Å². The fourth-order valence-corrected chi connectivity index (χ4v) is 2.18. The molecule has 2 rings (SSSR count). The van der Waals surface area contributed by atoms with E-state index in [0.717, 1.165) is 10.4 Å². The molecule has 3 heteroatoms. The largest absolute Gasteiger partial charge is 0.453 e. The van der Waals surface area contributed by atoms with Gasteiger partial charge in [-0.2, -0.15) is 0 Å². The summed E-state index contributed by atoms with van der Waals surface area (Å²) in [4.78, 5) is 0. The molecular weight excluding hydrogens is 278 g/mol. The summed E-state index contributed by atoms with van der Waals surface area (Å²) in [6, 6.07) is 14.8. The Morgan fingerprint density at radius 3 is 2.29 bits per heavy atom. The van der Waals surface area contributed by atoms with Crippen LogP contribution in [-0.2, 0) is 0 Å². The van der Waals surface area contributed by atoms with Crippen molar-refractivity contribution in [2.45, 2.75) is 25.9 Å². The van der Waals surface area contributed by atoms with Crippen molar-refractivity contribution in [3.05, 3.63) is 58.5 Å². The lowest BCUT2D eigenvalue weighted by Crippen LogP contribution is -2.22. The van der Waals surface area contributed by atoms with E-state index in [0.29, 0.717) is 6.04 Å². The molecule has 0 aliphatic heterocycles. The molecule has 0 saturated heterocycles. The Hall–Kier alpha value is -1.06. The van der Waals surface area contributed by atoms with E-state index in [-0.39, 0.29) is 6.04 Å². The lowest BCUT2D eigenvalue weighted by molar-refractivity contribution is 0.394. The summed E-state index contributed by atoms with van der Waals surface area (Å²) in [5.41, 5.74) is 1.28. The Bertz CT molecular complexity index is 466. The first-order valence-electron chi connectivity index (χ1n) is 5.73. The van der Waals surface area contributed by atoms with Crippen LogP contribution < -0.4 is 5.32 Å². The second-order valence-corrected chi connectivity index (χ2v) is 4.94. The molecular formula is C14H16BrNO. The van der Waals surface area contributed by atoms with Crippen molar-refractivity contribution in [3.63, 3.8) is 0 Å². The number of furan rings is 1. The maximum Gasteiger partial charge on any atom is 0.169 e. The van der Waals surface area contributed by atoms with Crippen molar-refractivity contribution < 1.29 is 4.42 Å². The smallest absolute Gasteiger partial charge is 0.169 e. The first-order valence-corrected chi connectivity index (χ1v) is 6.52. The first-order chi connectivity index (χ1) is 8.16. The van der Waals surface area contributed by atoms with Crippen LogP contribution in [0.2, 0.25) is 0 Å². The monoisotopic (exact) mass is 293 g/mol. The molecule has 0 radical (unpaired) electrons. The molecule has 0 bridgehead atoms. The molecule has 1 unspecified atom stereocenters. The highest BCUT2D eigenvalue weighted by Crippen LogP contribution is 2.23. The molecule has 1 N–H and O–H groups in total. The second-order valence-electron chi connectivity index (χ2n) is 4.16. The number of hydrogen-bond acceptors (Lipinski definition) is 2. The normalized spacial score (nSPS) is 14.5. The van der Waals surface area contributed by atoms with Gasteiger partial charge >= 0.3 is 0 Å². The highest BCUT2D eigenvalue weighted by atomic mass is 79.9. The van der Waals surface area contributed by atoms with Gasteiger partial charge in [0.05, 0.1) is 6.04 Å². The SMILES string of the molecule is CC(N[C@@H](C)c1ccccc1)c1ccc(Br)o1. The molecule has 0 aliphatic rings. The summed E-state index contributed by atoms with van der Waals surface area (Å²) < 4.78 is 6.31. The van der Waals surface area contributed by atoms with Crippen LogP contribution in [0.15, 0.2) is 51.6 Å². The fourth-order valence-electron chi connectivity index (χ4n) is 1.86. The van der Waals surface area contributed by atoms with Gasteiger partial charge in [0.15, 0.2) is 4.67 Å². The summed E-state index contributed by atoms with van der Waals surface area (Å²) in [5.74, 6) is 0.944. The minimum absolute atomic E-state index is 0.191. The predicted molar refractivity (Wildman–Crippen MR) is 72.8 cm³/mol. The van der Waals surface area contributed by atoms with Crippen LogP contribution in [0, 0.1) is 0 Å². The molecule has 0 spiro atoms. The van der Waals surface area contributed by atoms with Gasteiger partial charge in [-0.3, -0.25) is 0 Å². The molecule has 2 nitrogen and oxygen atoms in total. The van der Waals surface area contributed by atoms with Crippen LogP contribution >= 0.6 is 15.9 Å². The number of rotatable bonds is 4. The van der Waals surface area contributed by atoms with Crippen LogP contribution in [0.5, 0.6) is 0 Å². The zero-order chi connectivity index (χ0) is 12.3. The van der Waals surface area contributed by atoms with Gasteiger partial charge in [0.1, 0.15) is 5.76 Å². The average Bonchev–Trinajstić information content (AvgIpc) is 2.77. The van der Waals surface area contributed by atoms with Crippen LogP contribution in [-0.4, -0.2) is 0 Å². The van der Waals surface area contributed by atoms with Crippen LogP contribution in [0.25, 0.3) is 0 Å². The van der Waals surface area contributed by atoms with Crippen molar-refractivity contribution in [2.75, 3.05) is 0 Å². The van der Waals surface area contributed by atoms with Gasteiger partial charge in [-0.05, 0) is 47.5 Å². The van der Waals surface area contributed by atoms with E-state index in [1.165, 1.54) is 5.56 Å². The molecule has 2 atom stereocenters. The third-order valence-corrected chi connectivity index (χ3v) is 3.25. The topological polar surface area (TPSA) is 25.2 Å². The number of hydrogen-bond donors (Lipinski definition) is 1. The van der Waals surface area contributed by atoms with Gasteiger partial charge in [0.25, 0.3) is 0 Å². The molecule has 17 heavy (non-hydrogen) atoms. The summed E-state index contributed by atoms with van der Waals surface area (Å²) >= 11 is 3.32. The molecule has 1 heterocycles. The van der Waals surface area contributed by atoms with E-state index in [4.69, 9.17) is 4.42 Å². The van der Waals surface area contributed by atoms with E-state index < -0.39 is 0 Å². The number of halogens is 1. The Morgan fingerprint density at radius 1 is 1.00 bits per heavy atom. The average molecular weight is 294 g/mol. The molecule has 0 aliphatic carbocycles. The second kappa shape index (κ2) is 5.52. The van der Waals surface area contributed by atoms with Crippen molar-refractivity contribution >= 4 is 15.9 Å². The minimum atomic E-state index is 0.191. The van der Waals surface area contributed by atoms with Crippen LogP contribution in [0.1, 0.15) is 37.3 Å². The molecule has 0 amide bonds. The van der Waals surface area contributed by atoms with Gasteiger partial charge in [-0.1, -0.05) is 30.3 Å². The van der Waals surface area contributed by atoms with Crippen molar-refractivity contribution in [3.8, 4) is 0 Å². The summed E-state index contributed by atoms with van der Waals surface area (Å²) in [6.45, 7) is 4.26. The standard InChI is InChI=1S/C14H16BrNO/c1-10(12-6-4-3-5-7-12)16-11(2)13-8-9-14(15)17-13/h3-11,16H,1-2H3/t10-,11?/m0/s1. The number of benzene rings is 1. The molecule has 0 saturated carbocycles. The van der Waals surface area contributed by atoms with Crippen LogP contribution in [0.4, 0.5) is 0 Å². The van der Waals surface area contributed by atoms with E-state index in [1.54, 1.807) is 0 Å². The first kappa shape index (κ1) is 12.4.